The van der Waals surface area contributed by atoms with Gasteiger partial charge < -0.3 is 9.80 Å². The number of imidazole rings is 1. The highest BCUT2D eigenvalue weighted by atomic mass is 16.2. The SMILES string of the molecule is CCCCN(C)C(=O)C(CCCCCCn1cc[n+](C)c1)C(=O)N(C)CCCC. The number of aryl methyl sites for hydroxylation is 2. The van der Waals surface area contributed by atoms with Gasteiger partial charge in [-0.05, 0) is 32.1 Å². The third kappa shape index (κ3) is 9.46. The van der Waals surface area contributed by atoms with Crippen molar-refractivity contribution in [2.24, 2.45) is 13.0 Å². The summed E-state index contributed by atoms with van der Waals surface area (Å²) in [6, 6.07) is 0. The summed E-state index contributed by atoms with van der Waals surface area (Å²) in [6.07, 6.45) is 15.2. The predicted octanol–water partition coefficient (Wildman–Crippen LogP) is 3.40. The monoisotopic (exact) mass is 407 g/mol. The van der Waals surface area contributed by atoms with E-state index in [1.54, 1.807) is 9.80 Å². The molecule has 0 aliphatic heterocycles. The number of carbonyl (C=O) groups is 2. The Labute approximate surface area is 177 Å². The predicted molar refractivity (Wildman–Crippen MR) is 117 cm³/mol. The van der Waals surface area contributed by atoms with E-state index in [0.717, 1.165) is 71.0 Å². The van der Waals surface area contributed by atoms with Crippen LogP contribution in [0.4, 0.5) is 0 Å². The van der Waals surface area contributed by atoms with E-state index in [1.807, 2.05) is 31.9 Å². The van der Waals surface area contributed by atoms with Gasteiger partial charge in [-0.1, -0.05) is 39.5 Å². The average molecular weight is 408 g/mol. The molecule has 0 aliphatic carbocycles. The standard InChI is InChI=1S/C23H43N4O2/c1-6-8-15-25(4)22(28)21(23(29)26(5)16-9-7-2)14-12-10-11-13-17-27-19-18-24(3)20-27/h18-21H,6-17H2,1-5H3/q+1. The van der Waals surface area contributed by atoms with E-state index < -0.39 is 5.92 Å². The van der Waals surface area contributed by atoms with Crippen LogP contribution in [0, 0.1) is 5.92 Å². The Morgan fingerprint density at radius 1 is 0.897 bits per heavy atom. The lowest BCUT2D eigenvalue weighted by atomic mass is 9.97. The van der Waals surface area contributed by atoms with Crippen LogP contribution in [-0.4, -0.2) is 53.4 Å². The molecule has 0 unspecified atom stereocenters. The maximum absolute atomic E-state index is 12.9. The molecule has 0 aliphatic rings. The Bertz CT molecular complexity index is 573. The first-order valence-electron chi connectivity index (χ1n) is 11.4. The molecule has 1 rings (SSSR count). The Hall–Kier alpha value is -1.85. The summed E-state index contributed by atoms with van der Waals surface area (Å²) in [4.78, 5) is 29.4. The first-order chi connectivity index (χ1) is 13.9. The van der Waals surface area contributed by atoms with Gasteiger partial charge in [0.25, 0.3) is 0 Å². The Morgan fingerprint density at radius 2 is 1.45 bits per heavy atom. The summed E-state index contributed by atoms with van der Waals surface area (Å²) < 4.78 is 4.24. The maximum atomic E-state index is 12.9. The molecule has 1 aromatic rings. The number of carbonyl (C=O) groups excluding carboxylic acids is 2. The van der Waals surface area contributed by atoms with Crippen molar-refractivity contribution in [2.75, 3.05) is 27.2 Å². The van der Waals surface area contributed by atoms with Crippen LogP contribution in [-0.2, 0) is 23.2 Å². The third-order valence-corrected chi connectivity index (χ3v) is 5.53. The molecule has 1 aromatic heterocycles. The maximum Gasteiger partial charge on any atom is 0.243 e. The molecule has 166 valence electrons. The molecule has 0 fully saturated rings. The van der Waals surface area contributed by atoms with Crippen molar-refractivity contribution in [3.8, 4) is 0 Å². The van der Waals surface area contributed by atoms with Crippen LogP contribution in [0.2, 0.25) is 0 Å². The minimum Gasteiger partial charge on any atom is -0.345 e. The summed E-state index contributed by atoms with van der Waals surface area (Å²) in [7, 11) is 5.70. The van der Waals surface area contributed by atoms with Gasteiger partial charge in [0.2, 0.25) is 18.1 Å². The molecule has 0 radical (unpaired) electrons. The molecule has 6 nitrogen and oxygen atoms in total. The van der Waals surface area contributed by atoms with Gasteiger partial charge in [-0.3, -0.25) is 9.59 Å². The van der Waals surface area contributed by atoms with Gasteiger partial charge in [0.05, 0.1) is 13.6 Å². The molecule has 0 bridgehead atoms. The van der Waals surface area contributed by atoms with Crippen LogP contribution >= 0.6 is 0 Å². The zero-order valence-corrected chi connectivity index (χ0v) is 19.4. The number of unbranched alkanes of at least 4 members (excludes halogenated alkanes) is 5. The van der Waals surface area contributed by atoms with Crippen LogP contribution in [0.1, 0.15) is 71.6 Å². The fraction of sp³-hybridized carbons (Fsp3) is 0.783. The first kappa shape index (κ1) is 25.2. The molecule has 0 saturated carbocycles. The molecular formula is C23H43N4O2+. The van der Waals surface area contributed by atoms with Crippen LogP contribution in [0.3, 0.4) is 0 Å². The van der Waals surface area contributed by atoms with E-state index in [4.69, 9.17) is 0 Å². The van der Waals surface area contributed by atoms with Crippen LogP contribution in [0.15, 0.2) is 18.7 Å². The van der Waals surface area contributed by atoms with E-state index in [-0.39, 0.29) is 11.8 Å². The summed E-state index contributed by atoms with van der Waals surface area (Å²) >= 11 is 0. The van der Waals surface area contributed by atoms with Crippen molar-refractivity contribution in [2.45, 2.75) is 78.2 Å². The van der Waals surface area contributed by atoms with E-state index >= 15 is 0 Å². The number of nitrogens with zero attached hydrogens (tertiary/aromatic N) is 4. The lowest BCUT2D eigenvalue weighted by molar-refractivity contribution is -0.671. The largest absolute Gasteiger partial charge is 0.345 e. The number of hydrogen-bond acceptors (Lipinski definition) is 2. The minimum atomic E-state index is -0.526. The quantitative estimate of drug-likeness (QED) is 0.254. The minimum absolute atomic E-state index is 0.00774. The van der Waals surface area contributed by atoms with Gasteiger partial charge in [0.15, 0.2) is 0 Å². The van der Waals surface area contributed by atoms with E-state index in [0.29, 0.717) is 6.42 Å². The highest BCUT2D eigenvalue weighted by molar-refractivity contribution is 6.00. The molecule has 0 N–H and O–H groups in total. The van der Waals surface area contributed by atoms with Crippen molar-refractivity contribution in [3.63, 3.8) is 0 Å². The fourth-order valence-electron chi connectivity index (χ4n) is 3.53. The highest BCUT2D eigenvalue weighted by Crippen LogP contribution is 2.17. The van der Waals surface area contributed by atoms with Crippen LogP contribution < -0.4 is 4.57 Å². The molecular weight excluding hydrogens is 364 g/mol. The van der Waals surface area contributed by atoms with Gasteiger partial charge in [0, 0.05) is 27.2 Å². The lowest BCUT2D eigenvalue weighted by Gasteiger charge is -2.27. The van der Waals surface area contributed by atoms with E-state index in [2.05, 4.69) is 30.9 Å². The molecule has 29 heavy (non-hydrogen) atoms. The first-order valence-corrected chi connectivity index (χ1v) is 11.4. The van der Waals surface area contributed by atoms with Gasteiger partial charge in [-0.25, -0.2) is 9.13 Å². The van der Waals surface area contributed by atoms with Crippen molar-refractivity contribution in [1.82, 2.24) is 14.4 Å². The molecule has 1 heterocycles. The van der Waals surface area contributed by atoms with Gasteiger partial charge in [0.1, 0.15) is 18.3 Å². The second kappa shape index (κ2) is 14.2. The normalized spacial score (nSPS) is 11.1. The Balaban J connectivity index is 2.51. The summed E-state index contributed by atoms with van der Waals surface area (Å²) in [5.74, 6) is -0.541. The number of amides is 2. The summed E-state index contributed by atoms with van der Waals surface area (Å²) in [5, 5.41) is 0. The third-order valence-electron chi connectivity index (χ3n) is 5.53. The molecule has 0 saturated heterocycles. The summed E-state index contributed by atoms with van der Waals surface area (Å²) in [5.41, 5.74) is 0. The van der Waals surface area contributed by atoms with Crippen molar-refractivity contribution in [1.29, 1.82) is 0 Å². The van der Waals surface area contributed by atoms with Crippen molar-refractivity contribution >= 4 is 11.8 Å². The van der Waals surface area contributed by atoms with E-state index in [1.165, 1.54) is 0 Å². The topological polar surface area (TPSA) is 49.4 Å². The number of rotatable bonds is 15. The van der Waals surface area contributed by atoms with Crippen LogP contribution in [0.5, 0.6) is 0 Å². The fourth-order valence-corrected chi connectivity index (χ4v) is 3.53. The number of aromatic nitrogens is 2. The highest BCUT2D eigenvalue weighted by Gasteiger charge is 2.30. The van der Waals surface area contributed by atoms with Crippen molar-refractivity contribution in [3.05, 3.63) is 18.7 Å². The van der Waals surface area contributed by atoms with Gasteiger partial charge in [-0.2, -0.15) is 0 Å². The van der Waals surface area contributed by atoms with Gasteiger partial charge in [-0.15, -0.1) is 0 Å². The average Bonchev–Trinajstić information content (AvgIpc) is 3.13. The zero-order chi connectivity index (χ0) is 21.6. The second-order valence-electron chi connectivity index (χ2n) is 8.30. The van der Waals surface area contributed by atoms with Crippen LogP contribution in [0.25, 0.3) is 0 Å². The molecule has 6 heteroatoms. The van der Waals surface area contributed by atoms with E-state index in [9.17, 15) is 9.59 Å². The van der Waals surface area contributed by atoms with Crippen molar-refractivity contribution < 1.29 is 14.2 Å². The molecule has 2 amide bonds. The molecule has 0 spiro atoms. The smallest absolute Gasteiger partial charge is 0.243 e. The summed E-state index contributed by atoms with van der Waals surface area (Å²) in [6.45, 7) is 6.71. The van der Waals surface area contributed by atoms with Gasteiger partial charge >= 0.3 is 0 Å². The Kier molecular flexibility index (Phi) is 12.3. The Morgan fingerprint density at radius 3 is 1.93 bits per heavy atom. The lowest BCUT2D eigenvalue weighted by Crippen LogP contribution is -2.43. The molecule has 0 atom stereocenters. The molecule has 0 aromatic carbocycles. The zero-order valence-electron chi connectivity index (χ0n) is 19.4. The second-order valence-corrected chi connectivity index (χ2v) is 8.30. The number of hydrogen-bond donors (Lipinski definition) is 0.